The van der Waals surface area contributed by atoms with Crippen LogP contribution in [0.3, 0.4) is 0 Å². The molecule has 0 N–H and O–H groups in total. The highest BCUT2D eigenvalue weighted by molar-refractivity contribution is 7.90. The summed E-state index contributed by atoms with van der Waals surface area (Å²) in [5.74, 6) is 1.15. The van der Waals surface area contributed by atoms with Gasteiger partial charge in [-0.1, -0.05) is 0 Å². The summed E-state index contributed by atoms with van der Waals surface area (Å²) in [6.07, 6.45) is 2.38. The summed E-state index contributed by atoms with van der Waals surface area (Å²) in [6.45, 7) is 2.85. The smallest absolute Gasteiger partial charge is 0.337 e. The summed E-state index contributed by atoms with van der Waals surface area (Å²) in [7, 11) is -1.63. The fourth-order valence-electron chi connectivity index (χ4n) is 3.37. The van der Waals surface area contributed by atoms with Gasteiger partial charge in [-0.3, -0.25) is 0 Å². The first-order valence-corrected chi connectivity index (χ1v) is 11.1. The summed E-state index contributed by atoms with van der Waals surface area (Å²) in [6, 6.07) is 9.19. The van der Waals surface area contributed by atoms with Gasteiger partial charge >= 0.3 is 5.97 Å². The van der Waals surface area contributed by atoms with Crippen molar-refractivity contribution in [1.82, 2.24) is 0 Å². The van der Waals surface area contributed by atoms with E-state index in [4.69, 9.17) is 14.2 Å². The lowest BCUT2D eigenvalue weighted by Crippen LogP contribution is -2.08. The number of fused-ring (bicyclic) bond motifs is 3. The van der Waals surface area contributed by atoms with Crippen LogP contribution in [0.5, 0.6) is 11.5 Å². The molecular formula is C21H24O6S. The molecule has 0 radical (unpaired) electrons. The molecule has 0 aromatic heterocycles. The molecule has 0 aliphatic carbocycles. The number of ether oxygens (including phenoxy) is 3. The van der Waals surface area contributed by atoms with Crippen LogP contribution in [-0.2, 0) is 21.0 Å². The molecular weight excluding hydrogens is 380 g/mol. The first-order chi connectivity index (χ1) is 13.3. The predicted octanol–water partition coefficient (Wildman–Crippen LogP) is 3.20. The number of sulfone groups is 1. The van der Waals surface area contributed by atoms with Crippen molar-refractivity contribution in [2.24, 2.45) is 0 Å². The lowest BCUT2D eigenvalue weighted by atomic mass is 9.92. The zero-order chi connectivity index (χ0) is 20.3. The van der Waals surface area contributed by atoms with E-state index in [1.54, 1.807) is 18.2 Å². The molecule has 7 heteroatoms. The maximum Gasteiger partial charge on any atom is 0.337 e. The zero-order valence-electron chi connectivity index (χ0n) is 16.3. The van der Waals surface area contributed by atoms with E-state index in [1.165, 1.54) is 13.4 Å². The molecule has 0 bridgehead atoms. The average Bonchev–Trinajstić information content (AvgIpc) is 2.82. The van der Waals surface area contributed by atoms with Gasteiger partial charge in [-0.05, 0) is 60.4 Å². The number of esters is 1. The van der Waals surface area contributed by atoms with E-state index < -0.39 is 15.8 Å². The Balaban J connectivity index is 1.90. The van der Waals surface area contributed by atoms with E-state index >= 15 is 0 Å². The Hall–Kier alpha value is -2.54. The second-order valence-electron chi connectivity index (χ2n) is 6.91. The minimum absolute atomic E-state index is 0.106. The van der Waals surface area contributed by atoms with Crippen molar-refractivity contribution in [3.8, 4) is 22.6 Å². The van der Waals surface area contributed by atoms with Gasteiger partial charge in [0.15, 0.2) is 0 Å². The van der Waals surface area contributed by atoms with E-state index in [1.807, 2.05) is 19.1 Å². The number of benzene rings is 2. The van der Waals surface area contributed by atoms with Crippen molar-refractivity contribution < 1.29 is 27.4 Å². The molecule has 0 saturated carbocycles. The van der Waals surface area contributed by atoms with Gasteiger partial charge in [0.05, 0.1) is 31.6 Å². The average molecular weight is 404 g/mol. The van der Waals surface area contributed by atoms with Crippen LogP contribution in [0.1, 0.15) is 27.9 Å². The minimum Gasteiger partial charge on any atom is -0.494 e. The third-order valence-corrected chi connectivity index (χ3v) is 5.65. The van der Waals surface area contributed by atoms with Crippen LogP contribution in [0.4, 0.5) is 0 Å². The van der Waals surface area contributed by atoms with Gasteiger partial charge in [0, 0.05) is 18.2 Å². The van der Waals surface area contributed by atoms with Crippen LogP contribution in [0.15, 0.2) is 30.3 Å². The first kappa shape index (κ1) is 20.2. The van der Waals surface area contributed by atoms with Gasteiger partial charge in [-0.25, -0.2) is 13.2 Å². The molecule has 150 valence electrons. The Morgan fingerprint density at radius 2 is 2.00 bits per heavy atom. The van der Waals surface area contributed by atoms with Crippen LogP contribution < -0.4 is 9.47 Å². The Morgan fingerprint density at radius 3 is 2.71 bits per heavy atom. The molecule has 0 fully saturated rings. The number of carbonyl (C=O) groups excluding carboxylic acids is 1. The number of hydrogen-bond donors (Lipinski definition) is 0. The Labute approximate surface area is 165 Å². The van der Waals surface area contributed by atoms with Crippen molar-refractivity contribution in [2.75, 3.05) is 32.3 Å². The molecule has 0 atom stereocenters. The Bertz CT molecular complexity index is 994. The van der Waals surface area contributed by atoms with E-state index in [-0.39, 0.29) is 5.75 Å². The zero-order valence-corrected chi connectivity index (χ0v) is 17.1. The quantitative estimate of drug-likeness (QED) is 0.543. The van der Waals surface area contributed by atoms with E-state index in [2.05, 4.69) is 0 Å². The standard InChI is InChI=1S/C21H24O6S/c1-14-11-17(26-8-4-10-28(3,23)24)12-15-7-9-27-19-6-5-16(21(22)25-2)13-18(19)20(14)15/h5-6,11-13H,4,7-10H2,1-3H3. The van der Waals surface area contributed by atoms with Gasteiger partial charge in [0.2, 0.25) is 0 Å². The number of rotatable bonds is 6. The molecule has 28 heavy (non-hydrogen) atoms. The van der Waals surface area contributed by atoms with E-state index in [9.17, 15) is 13.2 Å². The molecule has 6 nitrogen and oxygen atoms in total. The number of carbonyl (C=O) groups is 1. The van der Waals surface area contributed by atoms with E-state index in [0.29, 0.717) is 37.4 Å². The van der Waals surface area contributed by atoms with Crippen molar-refractivity contribution in [1.29, 1.82) is 0 Å². The highest BCUT2D eigenvalue weighted by atomic mass is 32.2. The monoisotopic (exact) mass is 404 g/mol. The second-order valence-corrected chi connectivity index (χ2v) is 9.17. The minimum atomic E-state index is -2.99. The molecule has 2 aromatic rings. The van der Waals surface area contributed by atoms with Crippen LogP contribution in [0, 0.1) is 6.92 Å². The van der Waals surface area contributed by atoms with E-state index in [0.717, 1.165) is 28.0 Å². The molecule has 1 heterocycles. The molecule has 0 amide bonds. The fourth-order valence-corrected chi connectivity index (χ4v) is 4.01. The third-order valence-electron chi connectivity index (χ3n) is 4.62. The summed E-state index contributed by atoms with van der Waals surface area (Å²) in [5.41, 5.74) is 4.43. The van der Waals surface area contributed by atoms with Crippen molar-refractivity contribution >= 4 is 15.8 Å². The predicted molar refractivity (Wildman–Crippen MR) is 107 cm³/mol. The third kappa shape index (κ3) is 4.65. The van der Waals surface area contributed by atoms with Gasteiger partial charge in [0.1, 0.15) is 21.3 Å². The van der Waals surface area contributed by atoms with Crippen LogP contribution in [0.25, 0.3) is 11.1 Å². The summed E-state index contributed by atoms with van der Waals surface area (Å²) in [4.78, 5) is 11.9. The first-order valence-electron chi connectivity index (χ1n) is 9.08. The highest BCUT2D eigenvalue weighted by Crippen LogP contribution is 2.40. The van der Waals surface area contributed by atoms with Crippen LogP contribution >= 0.6 is 0 Å². The van der Waals surface area contributed by atoms with Gasteiger partial charge in [-0.2, -0.15) is 0 Å². The number of hydrogen-bond acceptors (Lipinski definition) is 6. The van der Waals surface area contributed by atoms with Crippen LogP contribution in [0.2, 0.25) is 0 Å². The summed E-state index contributed by atoms with van der Waals surface area (Å²) >= 11 is 0. The van der Waals surface area contributed by atoms with Gasteiger partial charge in [-0.15, -0.1) is 0 Å². The largest absolute Gasteiger partial charge is 0.494 e. The molecule has 1 aliphatic rings. The molecule has 2 aromatic carbocycles. The molecule has 0 saturated heterocycles. The van der Waals surface area contributed by atoms with Crippen molar-refractivity contribution in [3.05, 3.63) is 47.0 Å². The molecule has 1 aliphatic heterocycles. The topological polar surface area (TPSA) is 78.9 Å². The lowest BCUT2D eigenvalue weighted by Gasteiger charge is -2.15. The Morgan fingerprint density at radius 1 is 1.21 bits per heavy atom. The van der Waals surface area contributed by atoms with Crippen molar-refractivity contribution in [2.45, 2.75) is 19.8 Å². The Kier molecular flexibility index (Phi) is 5.93. The van der Waals surface area contributed by atoms with Gasteiger partial charge in [0.25, 0.3) is 0 Å². The normalized spacial score (nSPS) is 13.0. The lowest BCUT2D eigenvalue weighted by molar-refractivity contribution is 0.0600. The maximum absolute atomic E-state index is 11.9. The molecule has 0 spiro atoms. The number of methoxy groups -OCH3 is 1. The molecule has 3 rings (SSSR count). The molecule has 0 unspecified atom stereocenters. The van der Waals surface area contributed by atoms with Crippen LogP contribution in [-0.4, -0.2) is 46.7 Å². The highest BCUT2D eigenvalue weighted by Gasteiger charge is 2.20. The van der Waals surface area contributed by atoms with Crippen molar-refractivity contribution in [3.63, 3.8) is 0 Å². The van der Waals surface area contributed by atoms with Gasteiger partial charge < -0.3 is 14.2 Å². The fraction of sp³-hybridized carbons (Fsp3) is 0.381. The second kappa shape index (κ2) is 8.22. The SMILES string of the molecule is COC(=O)c1ccc2c(c1)-c1c(C)cc(OCCCS(C)(=O)=O)cc1CCO2. The number of aryl methyl sites for hydroxylation is 1. The summed E-state index contributed by atoms with van der Waals surface area (Å²) < 4.78 is 39.0. The summed E-state index contributed by atoms with van der Waals surface area (Å²) in [5, 5.41) is 0. The maximum atomic E-state index is 11.9.